The van der Waals surface area contributed by atoms with Crippen LogP contribution in [0.3, 0.4) is 0 Å². The summed E-state index contributed by atoms with van der Waals surface area (Å²) in [4.78, 5) is 0. The number of halogens is 1. The summed E-state index contributed by atoms with van der Waals surface area (Å²) in [5, 5.41) is 19.1. The van der Waals surface area contributed by atoms with E-state index in [0.29, 0.717) is 36.1 Å². The van der Waals surface area contributed by atoms with E-state index < -0.39 is 0 Å². The first-order chi connectivity index (χ1) is 14.6. The van der Waals surface area contributed by atoms with E-state index in [2.05, 4.69) is 6.07 Å². The maximum absolute atomic E-state index is 9.78. The number of aryl methyl sites for hydroxylation is 1. The van der Waals surface area contributed by atoms with Gasteiger partial charge in [-0.05, 0) is 61.7 Å². The zero-order chi connectivity index (χ0) is 21.3. The first-order valence-corrected chi connectivity index (χ1v) is 10.4. The third-order valence-corrected chi connectivity index (χ3v) is 5.52. The van der Waals surface area contributed by atoms with Gasteiger partial charge < -0.3 is 14.0 Å². The van der Waals surface area contributed by atoms with Crippen LogP contribution in [0.4, 0.5) is 0 Å². The fourth-order valence-electron chi connectivity index (χ4n) is 3.91. The second-order valence-corrected chi connectivity index (χ2v) is 7.45. The van der Waals surface area contributed by atoms with Gasteiger partial charge in [0.25, 0.3) is 0 Å². The molecule has 1 aliphatic heterocycles. The molecule has 0 bridgehead atoms. The molecule has 0 aliphatic carbocycles. The molecular weight excluding hydrogens is 398 g/mol. The molecule has 5 nitrogen and oxygen atoms in total. The molecule has 30 heavy (non-hydrogen) atoms. The third-order valence-electron chi connectivity index (χ3n) is 5.26. The number of hydrogen-bond donors (Lipinski definition) is 1. The van der Waals surface area contributed by atoms with E-state index >= 15 is 0 Å². The van der Waals surface area contributed by atoms with Gasteiger partial charge in [-0.1, -0.05) is 23.7 Å². The fraction of sp³-hybridized carbons (Fsp3) is 0.250. The van der Waals surface area contributed by atoms with Gasteiger partial charge in [-0.25, -0.2) is 0 Å². The van der Waals surface area contributed by atoms with Gasteiger partial charge in [0.15, 0.2) is 11.5 Å². The summed E-state index contributed by atoms with van der Waals surface area (Å²) in [5.41, 5.74) is 5.21. The molecule has 3 aromatic rings. The van der Waals surface area contributed by atoms with E-state index in [1.54, 1.807) is 12.1 Å². The lowest BCUT2D eigenvalue weighted by Crippen LogP contribution is -2.28. The van der Waals surface area contributed by atoms with Crippen LogP contribution >= 0.6 is 11.6 Å². The third kappa shape index (κ3) is 3.44. The lowest BCUT2D eigenvalue weighted by molar-refractivity contribution is 0.287. The van der Waals surface area contributed by atoms with Crippen molar-refractivity contribution < 1.29 is 9.47 Å². The van der Waals surface area contributed by atoms with Gasteiger partial charge in [-0.2, -0.15) is 5.26 Å². The van der Waals surface area contributed by atoms with E-state index in [-0.39, 0.29) is 5.49 Å². The van der Waals surface area contributed by atoms with Crippen molar-refractivity contribution in [1.82, 2.24) is 4.57 Å². The highest BCUT2D eigenvalue weighted by Crippen LogP contribution is 2.39. The summed E-state index contributed by atoms with van der Waals surface area (Å²) in [6, 6.07) is 15.6. The van der Waals surface area contributed by atoms with Crippen molar-refractivity contribution in [2.24, 2.45) is 0 Å². The molecule has 0 saturated heterocycles. The average Bonchev–Trinajstić information content (AvgIpc) is 2.75. The van der Waals surface area contributed by atoms with Crippen LogP contribution in [-0.4, -0.2) is 17.8 Å². The number of nitrogens with zero attached hydrogens (tertiary/aromatic N) is 2. The molecule has 1 aliphatic rings. The fourth-order valence-corrected chi connectivity index (χ4v) is 4.04. The molecule has 0 atom stereocenters. The molecule has 1 aromatic heterocycles. The van der Waals surface area contributed by atoms with Crippen LogP contribution in [0.2, 0.25) is 5.02 Å². The monoisotopic (exact) mass is 419 g/mol. The number of rotatable bonds is 5. The lowest BCUT2D eigenvalue weighted by atomic mass is 9.92. The van der Waals surface area contributed by atoms with E-state index in [1.807, 2.05) is 48.7 Å². The molecule has 0 saturated carbocycles. The first-order valence-electron chi connectivity index (χ1n) is 9.98. The minimum Gasteiger partial charge on any atom is -0.490 e. The average molecular weight is 420 g/mol. The van der Waals surface area contributed by atoms with Gasteiger partial charge >= 0.3 is 0 Å². The number of benzene rings is 2. The molecule has 2 heterocycles. The van der Waals surface area contributed by atoms with Crippen LogP contribution < -0.4 is 15.0 Å². The molecule has 2 aromatic carbocycles. The van der Waals surface area contributed by atoms with Crippen LogP contribution in [0.1, 0.15) is 25.0 Å². The summed E-state index contributed by atoms with van der Waals surface area (Å²) in [6.45, 7) is 5.63. The molecule has 0 fully saturated rings. The Bertz CT molecular complexity index is 1210. The van der Waals surface area contributed by atoms with Crippen LogP contribution in [0.15, 0.2) is 42.5 Å². The van der Waals surface area contributed by atoms with Gasteiger partial charge in [0.2, 0.25) is 0 Å². The number of aromatic nitrogens is 1. The van der Waals surface area contributed by atoms with E-state index in [1.165, 1.54) is 0 Å². The van der Waals surface area contributed by atoms with Crippen molar-refractivity contribution in [2.75, 3.05) is 13.2 Å². The molecule has 1 N–H and O–H groups in total. The van der Waals surface area contributed by atoms with E-state index in [4.69, 9.17) is 26.5 Å². The molecular formula is C24H22ClN3O2. The van der Waals surface area contributed by atoms with Crippen molar-refractivity contribution in [2.45, 2.75) is 26.8 Å². The van der Waals surface area contributed by atoms with Gasteiger partial charge in [0, 0.05) is 22.7 Å². The Morgan fingerprint density at radius 2 is 1.70 bits per heavy atom. The van der Waals surface area contributed by atoms with Crippen molar-refractivity contribution >= 4 is 11.6 Å². The molecule has 4 rings (SSSR count). The van der Waals surface area contributed by atoms with Crippen molar-refractivity contribution in [3.63, 3.8) is 0 Å². The van der Waals surface area contributed by atoms with Crippen molar-refractivity contribution in [3.05, 3.63) is 64.1 Å². The lowest BCUT2D eigenvalue weighted by Gasteiger charge is -2.26. The number of fused-ring (bicyclic) bond motifs is 3. The minimum atomic E-state index is 0.220. The van der Waals surface area contributed by atoms with E-state index in [9.17, 15) is 5.26 Å². The highest BCUT2D eigenvalue weighted by molar-refractivity contribution is 6.30. The van der Waals surface area contributed by atoms with E-state index in [0.717, 1.165) is 40.1 Å². The van der Waals surface area contributed by atoms with Crippen LogP contribution in [0, 0.1) is 16.7 Å². The molecule has 152 valence electrons. The quantitative estimate of drug-likeness (QED) is 0.619. The first kappa shape index (κ1) is 20.1. The molecule has 6 heteroatoms. The topological polar surface area (TPSA) is 71.0 Å². The standard InChI is InChI=1S/C24H22ClN3O2/c1-3-29-22-11-16-9-10-28-21(19(16)13-23(22)30-4-2)12-18(20(14-26)24(28)27)15-5-7-17(25)8-6-15/h5-8,11-13,27H,3-4,9-10H2,1-2H3. The highest BCUT2D eigenvalue weighted by atomic mass is 35.5. The predicted molar refractivity (Wildman–Crippen MR) is 117 cm³/mol. The van der Waals surface area contributed by atoms with Gasteiger partial charge in [0.05, 0.1) is 18.9 Å². The maximum atomic E-state index is 9.78. The zero-order valence-electron chi connectivity index (χ0n) is 17.0. The Morgan fingerprint density at radius 3 is 2.33 bits per heavy atom. The Morgan fingerprint density at radius 1 is 1.03 bits per heavy atom. The zero-order valence-corrected chi connectivity index (χ0v) is 17.7. The number of ether oxygens (including phenoxy) is 2. The number of pyridine rings is 1. The predicted octanol–water partition coefficient (Wildman–Crippen LogP) is 5.18. The summed E-state index contributed by atoms with van der Waals surface area (Å²) in [5.74, 6) is 1.43. The Labute approximate surface area is 180 Å². The highest BCUT2D eigenvalue weighted by Gasteiger charge is 2.23. The second kappa shape index (κ2) is 8.25. The molecule has 0 radical (unpaired) electrons. The van der Waals surface area contributed by atoms with Gasteiger partial charge in [-0.15, -0.1) is 0 Å². The number of nitriles is 1. The maximum Gasteiger partial charge on any atom is 0.161 e. The van der Waals surface area contributed by atoms with Gasteiger partial charge in [0.1, 0.15) is 17.1 Å². The van der Waals surface area contributed by atoms with Crippen LogP contribution in [0.25, 0.3) is 22.4 Å². The smallest absolute Gasteiger partial charge is 0.161 e. The molecule has 0 amide bonds. The number of nitrogens with one attached hydrogen (secondary N) is 1. The summed E-state index contributed by atoms with van der Waals surface area (Å²) in [7, 11) is 0. The van der Waals surface area contributed by atoms with Gasteiger partial charge in [-0.3, -0.25) is 5.41 Å². The Kier molecular flexibility index (Phi) is 5.52. The largest absolute Gasteiger partial charge is 0.490 e. The van der Waals surface area contributed by atoms with Crippen molar-refractivity contribution in [1.29, 1.82) is 10.7 Å². The number of hydrogen-bond acceptors (Lipinski definition) is 4. The summed E-state index contributed by atoms with van der Waals surface area (Å²) in [6.07, 6.45) is 0.760. The van der Waals surface area contributed by atoms with Crippen LogP contribution in [-0.2, 0) is 13.0 Å². The summed E-state index contributed by atoms with van der Waals surface area (Å²) >= 11 is 6.04. The Hall–Kier alpha value is -3.23. The normalized spacial score (nSPS) is 11.9. The molecule has 0 unspecified atom stereocenters. The molecule has 0 spiro atoms. The second-order valence-electron chi connectivity index (χ2n) is 7.01. The van der Waals surface area contributed by atoms with Crippen molar-refractivity contribution in [3.8, 4) is 40.0 Å². The summed E-state index contributed by atoms with van der Waals surface area (Å²) < 4.78 is 13.5. The Balaban J connectivity index is 1.96. The minimum absolute atomic E-state index is 0.220. The van der Waals surface area contributed by atoms with Crippen LogP contribution in [0.5, 0.6) is 11.5 Å². The SMILES string of the molecule is CCOc1cc2c(cc1OCC)-c1cc(-c3ccc(Cl)cc3)c(C#N)c(=N)n1CC2.